The van der Waals surface area contributed by atoms with Gasteiger partial charge in [-0.3, -0.25) is 4.98 Å². The number of benzene rings is 1. The maximum atomic E-state index is 12.2. The van der Waals surface area contributed by atoms with Crippen molar-refractivity contribution >= 4 is 44.9 Å². The van der Waals surface area contributed by atoms with Crippen molar-refractivity contribution in [2.45, 2.75) is 6.92 Å². The van der Waals surface area contributed by atoms with Crippen LogP contribution < -0.4 is 5.69 Å². The van der Waals surface area contributed by atoms with Gasteiger partial charge in [-0.15, -0.1) is 16.4 Å². The summed E-state index contributed by atoms with van der Waals surface area (Å²) in [5, 5.41) is 15.0. The molecule has 1 aromatic carbocycles. The van der Waals surface area contributed by atoms with Crippen LogP contribution in [-0.4, -0.2) is 19.9 Å². The lowest BCUT2D eigenvalue weighted by Crippen LogP contribution is -2.16. The summed E-state index contributed by atoms with van der Waals surface area (Å²) in [5.74, 6) is 0.373. The Bertz CT molecular complexity index is 958. The van der Waals surface area contributed by atoms with E-state index in [0.29, 0.717) is 16.4 Å². The number of hydrogen-bond donors (Lipinski definition) is 2. The van der Waals surface area contributed by atoms with Gasteiger partial charge in [-0.2, -0.15) is 4.68 Å². The molecule has 0 fully saturated rings. The first-order valence-electron chi connectivity index (χ1n) is 6.60. The summed E-state index contributed by atoms with van der Waals surface area (Å²) in [7, 11) is 0. The summed E-state index contributed by atoms with van der Waals surface area (Å²) >= 11 is 10.9. The molecule has 0 aliphatic carbocycles. The van der Waals surface area contributed by atoms with Crippen molar-refractivity contribution in [3.05, 3.63) is 55.2 Å². The zero-order valence-electron chi connectivity index (χ0n) is 11.9. The van der Waals surface area contributed by atoms with Gasteiger partial charge in [0.1, 0.15) is 11.4 Å². The highest BCUT2D eigenvalue weighted by atomic mass is 79.9. The Morgan fingerprint density at radius 2 is 2.22 bits per heavy atom. The van der Waals surface area contributed by atoms with Crippen LogP contribution in [-0.2, 0) is 0 Å². The number of nitrogens with zero attached hydrogens (tertiary/aromatic N) is 2. The summed E-state index contributed by atoms with van der Waals surface area (Å²) in [6.07, 6.45) is 3.48. The summed E-state index contributed by atoms with van der Waals surface area (Å²) in [6, 6.07) is 6.84. The molecule has 0 aliphatic heterocycles. The fourth-order valence-corrected chi connectivity index (χ4v) is 3.66. The van der Waals surface area contributed by atoms with E-state index in [-0.39, 0.29) is 11.4 Å². The van der Waals surface area contributed by atoms with Gasteiger partial charge in [0.15, 0.2) is 5.82 Å². The highest BCUT2D eigenvalue weighted by Crippen LogP contribution is 2.32. The molecule has 23 heavy (non-hydrogen) atoms. The van der Waals surface area contributed by atoms with E-state index in [2.05, 4.69) is 26.0 Å². The maximum absolute atomic E-state index is 12.2. The standard InChI is InChI=1S/C15H11BrClN3O2S/c1-2-3-8-6-9(17)7-10(13(8)21)20-15(22)18-14(19-20)11-4-5-12(16)23-11/h2-7,21H,1H3,(H,18,19,22)/b3-2+. The number of aromatic amines is 1. The molecule has 0 spiro atoms. The van der Waals surface area contributed by atoms with E-state index in [9.17, 15) is 9.90 Å². The van der Waals surface area contributed by atoms with Crippen LogP contribution in [0, 0.1) is 0 Å². The zero-order chi connectivity index (χ0) is 16.6. The minimum absolute atomic E-state index is 0.0555. The smallest absolute Gasteiger partial charge is 0.348 e. The minimum Gasteiger partial charge on any atom is -0.505 e. The van der Waals surface area contributed by atoms with E-state index < -0.39 is 5.69 Å². The van der Waals surface area contributed by atoms with Crippen LogP contribution in [0.1, 0.15) is 12.5 Å². The number of H-pyrrole nitrogens is 1. The largest absolute Gasteiger partial charge is 0.505 e. The van der Waals surface area contributed by atoms with Crippen molar-refractivity contribution in [2.24, 2.45) is 0 Å². The van der Waals surface area contributed by atoms with Crippen LogP contribution in [0.25, 0.3) is 22.5 Å². The molecule has 2 N–H and O–H groups in total. The van der Waals surface area contributed by atoms with E-state index in [1.54, 1.807) is 18.2 Å². The second-order valence-corrected chi connectivity index (χ2v) is 7.56. The Labute approximate surface area is 149 Å². The number of nitrogens with one attached hydrogen (secondary N) is 1. The number of aromatic nitrogens is 3. The molecule has 118 valence electrons. The third kappa shape index (κ3) is 3.12. The Morgan fingerprint density at radius 3 is 2.87 bits per heavy atom. The number of hydrogen-bond acceptors (Lipinski definition) is 4. The van der Waals surface area contributed by atoms with Gasteiger partial charge in [0.25, 0.3) is 0 Å². The molecule has 0 radical (unpaired) electrons. The van der Waals surface area contributed by atoms with Gasteiger partial charge in [0, 0.05) is 10.6 Å². The van der Waals surface area contributed by atoms with Crippen LogP contribution in [0.5, 0.6) is 5.75 Å². The van der Waals surface area contributed by atoms with Crippen LogP contribution in [0.2, 0.25) is 5.02 Å². The van der Waals surface area contributed by atoms with E-state index >= 15 is 0 Å². The van der Waals surface area contributed by atoms with Gasteiger partial charge in [-0.25, -0.2) is 4.79 Å². The molecule has 3 rings (SSSR count). The van der Waals surface area contributed by atoms with Gasteiger partial charge in [-0.1, -0.05) is 23.8 Å². The van der Waals surface area contributed by atoms with Crippen molar-refractivity contribution in [1.29, 1.82) is 0 Å². The highest BCUT2D eigenvalue weighted by Gasteiger charge is 2.16. The topological polar surface area (TPSA) is 70.9 Å². The molecular formula is C15H11BrClN3O2S. The highest BCUT2D eigenvalue weighted by molar-refractivity contribution is 9.11. The molecule has 0 aliphatic rings. The van der Waals surface area contributed by atoms with Crippen molar-refractivity contribution in [1.82, 2.24) is 14.8 Å². The van der Waals surface area contributed by atoms with Crippen molar-refractivity contribution in [3.63, 3.8) is 0 Å². The second-order valence-electron chi connectivity index (χ2n) is 4.66. The molecule has 8 heteroatoms. The summed E-state index contributed by atoms with van der Waals surface area (Å²) in [5.41, 5.74) is 0.299. The number of phenols is 1. The molecule has 0 saturated carbocycles. The predicted molar refractivity (Wildman–Crippen MR) is 96.6 cm³/mol. The van der Waals surface area contributed by atoms with Gasteiger partial charge in [-0.05, 0) is 47.1 Å². The van der Waals surface area contributed by atoms with E-state index in [0.717, 1.165) is 13.3 Å². The minimum atomic E-state index is -0.450. The lowest BCUT2D eigenvalue weighted by atomic mass is 10.1. The summed E-state index contributed by atoms with van der Waals surface area (Å²) in [4.78, 5) is 15.7. The van der Waals surface area contributed by atoms with Gasteiger partial charge >= 0.3 is 5.69 Å². The van der Waals surface area contributed by atoms with E-state index in [1.807, 2.05) is 19.1 Å². The average Bonchev–Trinajstić information content (AvgIpc) is 3.09. The number of thiophene rings is 1. The first-order valence-corrected chi connectivity index (χ1v) is 8.59. The molecule has 0 bridgehead atoms. The molecular weight excluding hydrogens is 402 g/mol. The Kier molecular flexibility index (Phi) is 4.43. The molecule has 2 aromatic heterocycles. The zero-order valence-corrected chi connectivity index (χ0v) is 15.0. The Balaban J connectivity index is 2.16. The van der Waals surface area contributed by atoms with Crippen LogP contribution in [0.3, 0.4) is 0 Å². The lowest BCUT2D eigenvalue weighted by molar-refractivity contribution is 0.468. The molecule has 3 aromatic rings. The maximum Gasteiger partial charge on any atom is 0.348 e. The van der Waals surface area contributed by atoms with E-state index in [1.165, 1.54) is 17.4 Å². The van der Waals surface area contributed by atoms with E-state index in [4.69, 9.17) is 11.6 Å². The molecule has 0 atom stereocenters. The van der Waals surface area contributed by atoms with Crippen LogP contribution in [0.4, 0.5) is 0 Å². The third-order valence-corrected chi connectivity index (χ3v) is 4.93. The first kappa shape index (κ1) is 16.0. The van der Waals surface area contributed by atoms with Crippen LogP contribution in [0.15, 0.2) is 38.9 Å². The van der Waals surface area contributed by atoms with Crippen molar-refractivity contribution < 1.29 is 5.11 Å². The number of aromatic hydroxyl groups is 1. The number of halogens is 2. The number of allylic oxidation sites excluding steroid dienone is 1. The second kappa shape index (κ2) is 6.35. The quantitative estimate of drug-likeness (QED) is 0.668. The Hall–Kier alpha value is -1.83. The number of rotatable bonds is 3. The summed E-state index contributed by atoms with van der Waals surface area (Å²) in [6.45, 7) is 1.83. The molecule has 0 unspecified atom stereocenters. The molecule has 2 heterocycles. The SMILES string of the molecule is C/C=C/c1cc(Cl)cc(-n2nc(-c3ccc(Br)s3)[nH]c2=O)c1O. The molecule has 0 amide bonds. The van der Waals surface area contributed by atoms with Crippen LogP contribution >= 0.6 is 38.9 Å². The lowest BCUT2D eigenvalue weighted by Gasteiger charge is -2.07. The first-order chi connectivity index (χ1) is 11.0. The van der Waals surface area contributed by atoms with Gasteiger partial charge in [0.2, 0.25) is 0 Å². The summed E-state index contributed by atoms with van der Waals surface area (Å²) < 4.78 is 2.04. The average molecular weight is 413 g/mol. The fourth-order valence-electron chi connectivity index (χ4n) is 2.11. The predicted octanol–water partition coefficient (Wildman–Crippen LogP) is 4.44. The van der Waals surface area contributed by atoms with Gasteiger partial charge in [0.05, 0.1) is 8.66 Å². The van der Waals surface area contributed by atoms with Crippen molar-refractivity contribution in [2.75, 3.05) is 0 Å². The molecule has 5 nitrogen and oxygen atoms in total. The third-order valence-electron chi connectivity index (χ3n) is 3.08. The monoisotopic (exact) mass is 411 g/mol. The number of phenolic OH excluding ortho intramolecular Hbond substituents is 1. The van der Waals surface area contributed by atoms with Crippen molar-refractivity contribution in [3.8, 4) is 22.1 Å². The normalized spacial score (nSPS) is 11.4. The molecule has 0 saturated heterocycles. The van der Waals surface area contributed by atoms with Gasteiger partial charge < -0.3 is 5.11 Å². The fraction of sp³-hybridized carbons (Fsp3) is 0.0667. The Morgan fingerprint density at radius 1 is 1.43 bits per heavy atom.